The first kappa shape index (κ1) is 24.3. The highest BCUT2D eigenvalue weighted by atomic mass is 32.2. The molecule has 0 saturated carbocycles. The molecule has 170 valence electrons. The van der Waals surface area contributed by atoms with Gasteiger partial charge in [-0.05, 0) is 56.7 Å². The summed E-state index contributed by atoms with van der Waals surface area (Å²) in [7, 11) is 1.89. The number of rotatable bonds is 8. The van der Waals surface area contributed by atoms with Crippen LogP contribution in [0, 0.1) is 0 Å². The highest BCUT2D eigenvalue weighted by Gasteiger charge is 2.25. The highest BCUT2D eigenvalue weighted by Crippen LogP contribution is 2.36. The van der Waals surface area contributed by atoms with Gasteiger partial charge in [-0.2, -0.15) is 0 Å². The van der Waals surface area contributed by atoms with Crippen molar-refractivity contribution in [2.24, 2.45) is 0 Å². The van der Waals surface area contributed by atoms with Crippen LogP contribution in [0.1, 0.15) is 39.7 Å². The Balaban J connectivity index is 1.95. The molecule has 1 aromatic heterocycles. The lowest BCUT2D eigenvalue weighted by Crippen LogP contribution is -2.40. The maximum atomic E-state index is 13.2. The van der Waals surface area contributed by atoms with E-state index in [1.165, 1.54) is 0 Å². The number of benzene rings is 2. The van der Waals surface area contributed by atoms with Gasteiger partial charge in [0, 0.05) is 43.5 Å². The average Bonchev–Trinajstić information content (AvgIpc) is 3.26. The Morgan fingerprint density at radius 1 is 1.16 bits per heavy atom. The van der Waals surface area contributed by atoms with E-state index in [4.69, 9.17) is 0 Å². The van der Waals surface area contributed by atoms with Gasteiger partial charge in [0.2, 0.25) is 5.91 Å². The molecular formula is C24H30N4O2S2. The summed E-state index contributed by atoms with van der Waals surface area (Å²) in [5.74, 6) is -0.0130. The van der Waals surface area contributed by atoms with Crippen LogP contribution in [-0.4, -0.2) is 28.0 Å². The van der Waals surface area contributed by atoms with Gasteiger partial charge in [-0.3, -0.25) is 4.79 Å². The molecule has 8 heteroatoms. The molecule has 0 radical (unpaired) electrons. The summed E-state index contributed by atoms with van der Waals surface area (Å²) in [6.07, 6.45) is 2.26. The summed E-state index contributed by atoms with van der Waals surface area (Å²) >= 11 is 0.143. The predicted molar refractivity (Wildman–Crippen MR) is 134 cm³/mol. The summed E-state index contributed by atoms with van der Waals surface area (Å²) in [5.41, 5.74) is 3.54. The third-order valence-electron chi connectivity index (χ3n) is 4.65. The minimum absolute atomic E-state index is 0.0130. The van der Waals surface area contributed by atoms with Crippen molar-refractivity contribution in [3.05, 3.63) is 54.2 Å². The van der Waals surface area contributed by atoms with E-state index >= 15 is 0 Å². The summed E-state index contributed by atoms with van der Waals surface area (Å²) in [5, 5.41) is 6.91. The topological polar surface area (TPSA) is 89.1 Å². The third kappa shape index (κ3) is 6.32. The molecular weight excluding hydrogens is 440 g/mol. The molecule has 0 spiro atoms. The Labute approximate surface area is 197 Å². The minimum atomic E-state index is -1.42. The number of anilines is 1. The van der Waals surface area contributed by atoms with Crippen molar-refractivity contribution in [3.63, 3.8) is 0 Å². The van der Waals surface area contributed by atoms with Crippen molar-refractivity contribution in [3.8, 4) is 21.0 Å². The van der Waals surface area contributed by atoms with Crippen LogP contribution < -0.4 is 15.4 Å². The predicted octanol–water partition coefficient (Wildman–Crippen LogP) is 4.96. The summed E-state index contributed by atoms with van der Waals surface area (Å²) in [4.78, 5) is 17.9. The summed E-state index contributed by atoms with van der Waals surface area (Å²) in [6.45, 7) is 8.17. The van der Waals surface area contributed by atoms with Crippen molar-refractivity contribution in [1.82, 2.24) is 15.0 Å². The van der Waals surface area contributed by atoms with Crippen LogP contribution in [0.5, 0.6) is 0 Å². The molecule has 1 heterocycles. The maximum absolute atomic E-state index is 13.2. The Morgan fingerprint density at radius 3 is 2.50 bits per heavy atom. The largest absolute Gasteiger partial charge is 0.593 e. The molecule has 3 rings (SSSR count). The number of aromatic nitrogens is 1. The number of carbonyl (C=O) groups is 1. The maximum Gasteiger partial charge on any atom is 0.219 e. The third-order valence-corrected chi connectivity index (χ3v) is 7.26. The van der Waals surface area contributed by atoms with Crippen molar-refractivity contribution in [1.29, 1.82) is 0 Å². The lowest BCUT2D eigenvalue weighted by Gasteiger charge is -2.23. The van der Waals surface area contributed by atoms with Gasteiger partial charge in [-0.25, -0.2) is 4.98 Å². The number of thiazole rings is 1. The molecule has 0 fully saturated rings. The molecule has 32 heavy (non-hydrogen) atoms. The number of nitrogens with one attached hydrogen (secondary N) is 3. The number of carbonyl (C=O) groups excluding carboxylic acids is 1. The second kappa shape index (κ2) is 10.5. The number of amides is 1. The summed E-state index contributed by atoms with van der Waals surface area (Å²) < 4.78 is 16.4. The zero-order valence-electron chi connectivity index (χ0n) is 19.1. The van der Waals surface area contributed by atoms with Crippen LogP contribution in [0.4, 0.5) is 5.69 Å². The monoisotopic (exact) mass is 470 g/mol. The molecule has 0 aliphatic heterocycles. The first-order valence-corrected chi connectivity index (χ1v) is 12.5. The Bertz CT molecular complexity index is 1060. The van der Waals surface area contributed by atoms with E-state index in [1.54, 1.807) is 11.3 Å². The van der Waals surface area contributed by atoms with Crippen molar-refractivity contribution in [2.45, 2.75) is 51.1 Å². The van der Waals surface area contributed by atoms with Crippen LogP contribution >= 0.6 is 11.3 Å². The lowest BCUT2D eigenvalue weighted by molar-refractivity contribution is -0.120. The first-order chi connectivity index (χ1) is 15.2. The molecule has 3 aromatic rings. The van der Waals surface area contributed by atoms with E-state index in [-0.39, 0.29) is 11.4 Å². The summed E-state index contributed by atoms with van der Waals surface area (Å²) in [6, 6.07) is 13.9. The van der Waals surface area contributed by atoms with Crippen molar-refractivity contribution < 1.29 is 9.35 Å². The first-order valence-electron chi connectivity index (χ1n) is 10.5. The van der Waals surface area contributed by atoms with Crippen LogP contribution in [-0.2, 0) is 22.7 Å². The van der Waals surface area contributed by atoms with E-state index < -0.39 is 11.4 Å². The molecule has 1 unspecified atom stereocenters. The fourth-order valence-corrected chi connectivity index (χ4v) is 5.33. The Hall–Kier alpha value is -2.39. The van der Waals surface area contributed by atoms with Gasteiger partial charge in [0.15, 0.2) is 4.90 Å². The van der Waals surface area contributed by atoms with E-state index in [9.17, 15) is 9.35 Å². The average molecular weight is 471 g/mol. The second-order valence-corrected chi connectivity index (χ2v) is 10.7. The van der Waals surface area contributed by atoms with Crippen LogP contribution in [0.3, 0.4) is 0 Å². The minimum Gasteiger partial charge on any atom is -0.593 e. The number of hydrogen-bond acceptors (Lipinski definition) is 6. The Kier molecular flexibility index (Phi) is 7.95. The van der Waals surface area contributed by atoms with Crippen molar-refractivity contribution >= 4 is 34.3 Å². The highest BCUT2D eigenvalue weighted by molar-refractivity contribution is 7.89. The molecule has 3 N–H and O–H groups in total. The Morgan fingerprint density at radius 2 is 1.88 bits per heavy atom. The quantitative estimate of drug-likeness (QED) is 0.405. The molecule has 1 amide bonds. The standard InChI is InChI=1S/C24H30N4O2S2/c1-6-22(29)26-14-16-7-12-19(21(13-16)32(30)28-24(2,3)4)20-15-27-23(31-20)17-8-10-18(25-5)11-9-17/h7-13,15,25,28H,6,14H2,1-5H3,(H,26,29). The molecule has 2 aromatic carbocycles. The van der Waals surface area contributed by atoms with Crippen LogP contribution in [0.2, 0.25) is 0 Å². The second-order valence-electron chi connectivity index (χ2n) is 8.44. The molecule has 0 saturated heterocycles. The number of nitrogens with zero attached hydrogens (tertiary/aromatic N) is 1. The SMILES string of the molecule is CCC(=O)NCc1ccc(-c2cnc(-c3ccc(NC)cc3)s2)c([S+]([O-])NC(C)(C)C)c1. The van der Waals surface area contributed by atoms with Gasteiger partial charge in [0.25, 0.3) is 0 Å². The number of hydrogen-bond donors (Lipinski definition) is 3. The van der Waals surface area contributed by atoms with E-state index in [0.29, 0.717) is 17.9 Å². The van der Waals surface area contributed by atoms with Gasteiger partial charge in [-0.1, -0.05) is 13.0 Å². The van der Waals surface area contributed by atoms with E-state index in [1.807, 2.05) is 83.4 Å². The zero-order chi connectivity index (χ0) is 23.3. The zero-order valence-corrected chi connectivity index (χ0v) is 20.7. The van der Waals surface area contributed by atoms with E-state index in [2.05, 4.69) is 20.3 Å². The molecule has 0 aliphatic rings. The molecule has 0 aliphatic carbocycles. The van der Waals surface area contributed by atoms with Crippen LogP contribution in [0.15, 0.2) is 53.6 Å². The fourth-order valence-electron chi connectivity index (χ4n) is 3.00. The van der Waals surface area contributed by atoms with Crippen molar-refractivity contribution in [2.75, 3.05) is 12.4 Å². The van der Waals surface area contributed by atoms with Gasteiger partial charge in [0.05, 0.1) is 27.3 Å². The molecule has 0 bridgehead atoms. The van der Waals surface area contributed by atoms with Gasteiger partial charge in [-0.15, -0.1) is 16.1 Å². The fraction of sp³-hybridized carbons (Fsp3) is 0.333. The smallest absolute Gasteiger partial charge is 0.219 e. The van der Waals surface area contributed by atoms with Gasteiger partial charge in [0.1, 0.15) is 5.01 Å². The molecule has 1 atom stereocenters. The van der Waals surface area contributed by atoms with Gasteiger partial charge >= 0.3 is 0 Å². The normalized spacial score (nSPS) is 12.4. The molecule has 6 nitrogen and oxygen atoms in total. The van der Waals surface area contributed by atoms with E-state index in [0.717, 1.165) is 32.3 Å². The lowest BCUT2D eigenvalue weighted by atomic mass is 10.1. The van der Waals surface area contributed by atoms with Crippen LogP contribution in [0.25, 0.3) is 21.0 Å². The van der Waals surface area contributed by atoms with Gasteiger partial charge < -0.3 is 15.2 Å².